The van der Waals surface area contributed by atoms with E-state index in [9.17, 15) is 14.4 Å². The maximum Gasteiger partial charge on any atom is 0.341 e. The molecule has 0 aliphatic rings. The minimum Gasteiger partial charge on any atom is -0.480 e. The summed E-state index contributed by atoms with van der Waals surface area (Å²) in [5.74, 6) is -3.33. The number of hydrogen-bond acceptors (Lipinski definition) is 5. The third-order valence-electron chi connectivity index (χ3n) is 1.56. The van der Waals surface area contributed by atoms with Crippen LogP contribution in [0, 0.1) is 0 Å². The van der Waals surface area contributed by atoms with Gasteiger partial charge in [0.05, 0.1) is 6.42 Å². The fourth-order valence-corrected chi connectivity index (χ4v) is 0.764. The summed E-state index contributed by atoms with van der Waals surface area (Å²) in [4.78, 5) is 31.8. The molecule has 0 heterocycles. The Morgan fingerprint density at radius 2 is 1.80 bits per heavy atom. The fraction of sp³-hybridized carbons (Fsp3) is 0.571. The number of carboxylic acid groups (broad SMARTS) is 2. The first-order valence-corrected chi connectivity index (χ1v) is 4.06. The molecule has 0 spiro atoms. The Kier molecular flexibility index (Phi) is 5.27. The zero-order chi connectivity index (χ0) is 12.0. The predicted molar refractivity (Wildman–Crippen MR) is 48.9 cm³/mol. The molecule has 0 saturated heterocycles. The van der Waals surface area contributed by atoms with E-state index >= 15 is 0 Å². The van der Waals surface area contributed by atoms with Crippen molar-refractivity contribution >= 4 is 17.8 Å². The summed E-state index contributed by atoms with van der Waals surface area (Å²) in [6.45, 7) is 0. The van der Waals surface area contributed by atoms with Gasteiger partial charge in [-0.2, -0.15) is 0 Å². The molecule has 0 saturated carbocycles. The first kappa shape index (κ1) is 13.3. The van der Waals surface area contributed by atoms with Crippen molar-refractivity contribution in [1.29, 1.82) is 0 Å². The Hall–Kier alpha value is -1.67. The van der Waals surface area contributed by atoms with Gasteiger partial charge in [-0.1, -0.05) is 0 Å². The van der Waals surface area contributed by atoms with Crippen LogP contribution in [0.5, 0.6) is 0 Å². The normalized spacial score (nSPS) is 14.0. The summed E-state index contributed by atoms with van der Waals surface area (Å²) in [7, 11) is 1.34. The van der Waals surface area contributed by atoms with Gasteiger partial charge >= 0.3 is 11.9 Å². The van der Waals surface area contributed by atoms with E-state index < -0.39 is 36.5 Å². The number of amides is 1. The molecule has 6 N–H and O–H groups in total. The van der Waals surface area contributed by atoms with Crippen molar-refractivity contribution in [2.45, 2.75) is 18.6 Å². The van der Waals surface area contributed by atoms with Gasteiger partial charge in [0.2, 0.25) is 5.91 Å². The van der Waals surface area contributed by atoms with E-state index in [0.717, 1.165) is 0 Å². The third kappa shape index (κ3) is 4.93. The molecular weight excluding hydrogens is 206 g/mol. The van der Waals surface area contributed by atoms with Crippen molar-refractivity contribution < 1.29 is 24.6 Å². The van der Waals surface area contributed by atoms with Gasteiger partial charge in [0.15, 0.2) is 6.17 Å². The topological polar surface area (TPSA) is 142 Å². The van der Waals surface area contributed by atoms with Crippen LogP contribution in [0.2, 0.25) is 0 Å². The lowest BCUT2D eigenvalue weighted by Gasteiger charge is -2.14. The second-order valence-electron chi connectivity index (χ2n) is 2.78. The van der Waals surface area contributed by atoms with E-state index in [1.807, 2.05) is 0 Å². The molecule has 1 amide bonds. The molecule has 0 unspecified atom stereocenters. The highest BCUT2D eigenvalue weighted by Gasteiger charge is 2.21. The number of carboxylic acids is 2. The van der Waals surface area contributed by atoms with Crippen LogP contribution < -0.4 is 16.4 Å². The molecule has 0 aromatic heterocycles. The van der Waals surface area contributed by atoms with Gasteiger partial charge in [-0.3, -0.25) is 14.9 Å². The fourth-order valence-electron chi connectivity index (χ4n) is 0.764. The van der Waals surface area contributed by atoms with Crippen LogP contribution >= 0.6 is 0 Å². The average molecular weight is 219 g/mol. The standard InChI is InChI=1S/C7H13N3O5/c1-9-5(7(14)15)10-4(11)2-3(8)6(12)13/h3,5,9H,2,8H2,1H3,(H,10,11)(H,12,13)(H,14,15)/t3-,5+/m0/s1. The van der Waals surface area contributed by atoms with Crippen molar-refractivity contribution in [3.05, 3.63) is 0 Å². The second-order valence-corrected chi connectivity index (χ2v) is 2.78. The monoisotopic (exact) mass is 219 g/mol. The summed E-state index contributed by atoms with van der Waals surface area (Å²) in [6.07, 6.45) is -1.72. The van der Waals surface area contributed by atoms with Crippen molar-refractivity contribution in [3.63, 3.8) is 0 Å². The zero-order valence-electron chi connectivity index (χ0n) is 8.06. The number of carbonyl (C=O) groups is 3. The molecule has 8 heteroatoms. The molecule has 15 heavy (non-hydrogen) atoms. The van der Waals surface area contributed by atoms with Gasteiger partial charge in [0.25, 0.3) is 0 Å². The van der Waals surface area contributed by atoms with E-state index in [0.29, 0.717) is 0 Å². The van der Waals surface area contributed by atoms with Gasteiger partial charge in [0.1, 0.15) is 6.04 Å². The maximum atomic E-state index is 11.1. The molecule has 0 aliphatic carbocycles. The number of nitrogens with one attached hydrogen (secondary N) is 2. The van der Waals surface area contributed by atoms with E-state index in [-0.39, 0.29) is 0 Å². The maximum absolute atomic E-state index is 11.1. The highest BCUT2D eigenvalue weighted by Crippen LogP contribution is 1.89. The first-order valence-electron chi connectivity index (χ1n) is 4.06. The largest absolute Gasteiger partial charge is 0.480 e. The molecule has 2 atom stereocenters. The Morgan fingerprint density at radius 1 is 1.27 bits per heavy atom. The summed E-state index contributed by atoms with van der Waals surface area (Å²) in [5, 5.41) is 21.3. The first-order chi connectivity index (χ1) is 6.88. The average Bonchev–Trinajstić information content (AvgIpc) is 2.13. The number of hydrogen-bond donors (Lipinski definition) is 5. The van der Waals surface area contributed by atoms with Crippen molar-refractivity contribution in [1.82, 2.24) is 10.6 Å². The smallest absolute Gasteiger partial charge is 0.341 e. The lowest BCUT2D eigenvalue weighted by atomic mass is 10.2. The summed E-state index contributed by atoms with van der Waals surface area (Å²) in [5.41, 5.74) is 5.08. The molecule has 0 rings (SSSR count). The third-order valence-corrected chi connectivity index (χ3v) is 1.56. The van der Waals surface area contributed by atoms with Gasteiger partial charge in [-0.15, -0.1) is 0 Å². The summed E-state index contributed by atoms with van der Waals surface area (Å²) in [6, 6.07) is -1.34. The SMILES string of the molecule is CN[C@H](NC(=O)C[C@H](N)C(=O)O)C(=O)O. The number of likely N-dealkylation sites (N-methyl/N-ethyl adjacent to an activating group) is 1. The lowest BCUT2D eigenvalue weighted by Crippen LogP contribution is -2.50. The van der Waals surface area contributed by atoms with E-state index in [4.69, 9.17) is 15.9 Å². The van der Waals surface area contributed by atoms with Crippen LogP contribution in [0.3, 0.4) is 0 Å². The second kappa shape index (κ2) is 5.94. The number of nitrogens with two attached hydrogens (primary N) is 1. The number of carbonyl (C=O) groups excluding carboxylic acids is 1. The molecule has 8 nitrogen and oxygen atoms in total. The highest BCUT2D eigenvalue weighted by molar-refractivity contribution is 5.87. The van der Waals surface area contributed by atoms with Crippen LogP contribution in [-0.4, -0.2) is 47.3 Å². The lowest BCUT2D eigenvalue weighted by molar-refractivity contribution is -0.143. The van der Waals surface area contributed by atoms with Gasteiger partial charge < -0.3 is 21.3 Å². The summed E-state index contributed by atoms with van der Waals surface area (Å²) >= 11 is 0. The van der Waals surface area contributed by atoms with Crippen LogP contribution in [0.25, 0.3) is 0 Å². The molecular formula is C7H13N3O5. The number of rotatable bonds is 6. The van der Waals surface area contributed by atoms with Crippen LogP contribution in [0.4, 0.5) is 0 Å². The van der Waals surface area contributed by atoms with Gasteiger partial charge in [-0.25, -0.2) is 4.79 Å². The number of aliphatic carboxylic acids is 2. The summed E-state index contributed by atoms with van der Waals surface area (Å²) < 4.78 is 0. The van der Waals surface area contributed by atoms with Gasteiger partial charge in [-0.05, 0) is 7.05 Å². The molecule has 0 aromatic rings. The Labute approximate surface area is 85.4 Å². The molecule has 86 valence electrons. The minimum absolute atomic E-state index is 0.471. The van der Waals surface area contributed by atoms with Crippen molar-refractivity contribution in [2.24, 2.45) is 5.73 Å². The van der Waals surface area contributed by atoms with Crippen molar-refractivity contribution in [3.8, 4) is 0 Å². The van der Waals surface area contributed by atoms with Crippen LogP contribution in [0.1, 0.15) is 6.42 Å². The Bertz CT molecular complexity index is 267. The van der Waals surface area contributed by atoms with Crippen molar-refractivity contribution in [2.75, 3.05) is 7.05 Å². The Balaban J connectivity index is 4.13. The molecule has 0 radical (unpaired) electrons. The van der Waals surface area contributed by atoms with Gasteiger partial charge in [0, 0.05) is 0 Å². The van der Waals surface area contributed by atoms with E-state index in [1.165, 1.54) is 7.05 Å². The highest BCUT2D eigenvalue weighted by atomic mass is 16.4. The molecule has 0 bridgehead atoms. The molecule has 0 fully saturated rings. The zero-order valence-corrected chi connectivity index (χ0v) is 8.06. The van der Waals surface area contributed by atoms with Crippen LogP contribution in [0.15, 0.2) is 0 Å². The molecule has 0 aromatic carbocycles. The molecule has 0 aliphatic heterocycles. The quantitative estimate of drug-likeness (QED) is 0.312. The van der Waals surface area contributed by atoms with E-state index in [1.54, 1.807) is 0 Å². The minimum atomic E-state index is -1.34. The predicted octanol–water partition coefficient (Wildman–Crippen LogP) is -2.47. The van der Waals surface area contributed by atoms with Crippen LogP contribution in [-0.2, 0) is 14.4 Å². The Morgan fingerprint density at radius 3 is 2.13 bits per heavy atom. The van der Waals surface area contributed by atoms with E-state index in [2.05, 4.69) is 10.6 Å².